The molecule has 6 heteroatoms. The third kappa shape index (κ3) is 3.43. The third-order valence-corrected chi connectivity index (χ3v) is 4.57. The zero-order valence-corrected chi connectivity index (χ0v) is 12.9. The fourth-order valence-corrected chi connectivity index (χ4v) is 3.10. The molecule has 2 heterocycles. The molecule has 2 fully saturated rings. The Morgan fingerprint density at radius 1 is 1.26 bits per heavy atom. The van der Waals surface area contributed by atoms with Crippen molar-refractivity contribution in [1.29, 1.82) is 0 Å². The van der Waals surface area contributed by atoms with Gasteiger partial charge in [-0.3, -0.25) is 4.90 Å². The molecule has 122 valence electrons. The molecule has 2 aliphatic rings. The van der Waals surface area contributed by atoms with Crippen molar-refractivity contribution >= 4 is 0 Å². The first-order valence-electron chi connectivity index (χ1n) is 8.19. The molecule has 0 amide bonds. The van der Waals surface area contributed by atoms with Gasteiger partial charge >= 0.3 is 0 Å². The van der Waals surface area contributed by atoms with Crippen LogP contribution in [0.25, 0.3) is 11.4 Å². The third-order valence-electron chi connectivity index (χ3n) is 4.57. The Labute approximate surface area is 134 Å². The zero-order chi connectivity index (χ0) is 15.6. The topological polar surface area (TPSA) is 51.4 Å². The molecule has 1 saturated heterocycles. The molecule has 4 rings (SSSR count). The molecular weight excluding hydrogens is 297 g/mol. The van der Waals surface area contributed by atoms with E-state index in [9.17, 15) is 4.39 Å². The Morgan fingerprint density at radius 3 is 2.96 bits per heavy atom. The van der Waals surface area contributed by atoms with Crippen LogP contribution in [-0.4, -0.2) is 40.8 Å². The fourth-order valence-electron chi connectivity index (χ4n) is 3.10. The minimum atomic E-state index is -0.335. The highest BCUT2D eigenvalue weighted by atomic mass is 19.1. The number of hydrogen-bond donors (Lipinski definition) is 0. The van der Waals surface area contributed by atoms with E-state index < -0.39 is 0 Å². The second-order valence-corrected chi connectivity index (χ2v) is 6.37. The lowest BCUT2D eigenvalue weighted by Crippen LogP contribution is -2.45. The van der Waals surface area contributed by atoms with Crippen molar-refractivity contribution in [2.45, 2.75) is 31.8 Å². The van der Waals surface area contributed by atoms with Gasteiger partial charge in [0, 0.05) is 12.6 Å². The molecule has 1 aromatic heterocycles. The van der Waals surface area contributed by atoms with Gasteiger partial charge in [-0.25, -0.2) is 4.39 Å². The van der Waals surface area contributed by atoms with Gasteiger partial charge in [0.2, 0.25) is 11.7 Å². The number of ether oxygens (including phenoxy) is 1. The van der Waals surface area contributed by atoms with E-state index >= 15 is 0 Å². The van der Waals surface area contributed by atoms with Gasteiger partial charge in [0.25, 0.3) is 0 Å². The molecule has 0 spiro atoms. The van der Waals surface area contributed by atoms with Crippen LogP contribution < -0.4 is 0 Å². The average Bonchev–Trinajstić information content (AvgIpc) is 3.26. The van der Waals surface area contributed by atoms with E-state index in [-0.39, 0.29) is 5.82 Å². The van der Waals surface area contributed by atoms with Crippen LogP contribution in [0.3, 0.4) is 0 Å². The van der Waals surface area contributed by atoms with Crippen molar-refractivity contribution in [2.24, 2.45) is 5.92 Å². The summed E-state index contributed by atoms with van der Waals surface area (Å²) in [5, 5.41) is 3.93. The quantitative estimate of drug-likeness (QED) is 0.849. The van der Waals surface area contributed by atoms with E-state index in [2.05, 4.69) is 15.0 Å². The van der Waals surface area contributed by atoms with Crippen LogP contribution in [0.1, 0.15) is 25.2 Å². The lowest BCUT2D eigenvalue weighted by Gasteiger charge is -2.34. The highest BCUT2D eigenvalue weighted by molar-refractivity contribution is 5.54. The highest BCUT2D eigenvalue weighted by Gasteiger charge is 2.31. The molecule has 1 unspecified atom stereocenters. The van der Waals surface area contributed by atoms with Crippen molar-refractivity contribution in [3.63, 3.8) is 0 Å². The van der Waals surface area contributed by atoms with Gasteiger partial charge < -0.3 is 9.26 Å². The summed E-state index contributed by atoms with van der Waals surface area (Å²) in [6.07, 6.45) is 3.85. The largest absolute Gasteiger partial charge is 0.378 e. The molecule has 1 saturated carbocycles. The number of benzene rings is 1. The van der Waals surface area contributed by atoms with Gasteiger partial charge in [0.05, 0.1) is 25.3 Å². The summed E-state index contributed by atoms with van der Waals surface area (Å²) in [5.41, 5.74) is 0.374. The maximum atomic E-state index is 13.8. The zero-order valence-electron chi connectivity index (χ0n) is 12.9. The van der Waals surface area contributed by atoms with Crippen molar-refractivity contribution in [1.82, 2.24) is 15.0 Å². The summed E-state index contributed by atoms with van der Waals surface area (Å²) >= 11 is 0. The Kier molecular flexibility index (Phi) is 4.10. The van der Waals surface area contributed by atoms with Crippen LogP contribution in [0.2, 0.25) is 0 Å². The van der Waals surface area contributed by atoms with E-state index in [1.54, 1.807) is 18.2 Å². The van der Waals surface area contributed by atoms with Gasteiger partial charge in [-0.1, -0.05) is 30.1 Å². The maximum absolute atomic E-state index is 13.8. The molecule has 5 nitrogen and oxygen atoms in total. The van der Waals surface area contributed by atoms with E-state index in [0.717, 1.165) is 25.7 Å². The summed E-state index contributed by atoms with van der Waals surface area (Å²) in [6, 6.07) is 6.89. The first-order chi connectivity index (χ1) is 11.3. The van der Waals surface area contributed by atoms with E-state index in [1.165, 1.54) is 25.3 Å². The van der Waals surface area contributed by atoms with E-state index in [0.29, 0.717) is 29.9 Å². The Hall–Kier alpha value is -1.79. The molecule has 1 aliphatic carbocycles. The molecule has 23 heavy (non-hydrogen) atoms. The Balaban J connectivity index is 1.47. The minimum absolute atomic E-state index is 0.310. The number of nitrogens with zero attached hydrogens (tertiary/aromatic N) is 3. The monoisotopic (exact) mass is 317 g/mol. The summed E-state index contributed by atoms with van der Waals surface area (Å²) in [5.74, 6) is 1.36. The standard InChI is InChI=1S/C17H20FN3O2/c18-15-4-2-1-3-14(15)17-19-16(23-20-17)10-21-7-8-22-11-13(21)9-12-5-6-12/h1-4,12-13H,5-11H2. The van der Waals surface area contributed by atoms with Crippen LogP contribution in [0.15, 0.2) is 28.8 Å². The number of hydrogen-bond acceptors (Lipinski definition) is 5. The van der Waals surface area contributed by atoms with Gasteiger partial charge in [0.1, 0.15) is 5.82 Å². The SMILES string of the molecule is Fc1ccccc1-c1noc(CN2CCOCC2CC2CC2)n1. The number of halogens is 1. The number of morpholine rings is 1. The maximum Gasteiger partial charge on any atom is 0.241 e. The summed E-state index contributed by atoms with van der Waals surface area (Å²) in [6.45, 7) is 2.97. The van der Waals surface area contributed by atoms with Crippen LogP contribution in [-0.2, 0) is 11.3 Å². The molecule has 0 bridgehead atoms. The molecular formula is C17H20FN3O2. The molecule has 1 atom stereocenters. The smallest absolute Gasteiger partial charge is 0.241 e. The second-order valence-electron chi connectivity index (χ2n) is 6.37. The van der Waals surface area contributed by atoms with Crippen molar-refractivity contribution in [2.75, 3.05) is 19.8 Å². The Bertz CT molecular complexity index is 671. The normalized spacial score (nSPS) is 22.4. The van der Waals surface area contributed by atoms with Crippen molar-refractivity contribution in [3.05, 3.63) is 36.0 Å². The first kappa shape index (κ1) is 14.8. The van der Waals surface area contributed by atoms with Crippen LogP contribution in [0, 0.1) is 11.7 Å². The predicted octanol–water partition coefficient (Wildman–Crippen LogP) is 2.88. The van der Waals surface area contributed by atoms with Gasteiger partial charge in [-0.05, 0) is 24.5 Å². The van der Waals surface area contributed by atoms with Crippen molar-refractivity contribution in [3.8, 4) is 11.4 Å². The lowest BCUT2D eigenvalue weighted by molar-refractivity contribution is -0.0204. The molecule has 1 aliphatic heterocycles. The predicted molar refractivity (Wildman–Crippen MR) is 82.1 cm³/mol. The van der Waals surface area contributed by atoms with Gasteiger partial charge in [-0.2, -0.15) is 4.98 Å². The Morgan fingerprint density at radius 2 is 2.13 bits per heavy atom. The molecule has 2 aromatic rings. The summed E-state index contributed by atoms with van der Waals surface area (Å²) in [4.78, 5) is 6.71. The van der Waals surface area contributed by atoms with Crippen molar-refractivity contribution < 1.29 is 13.7 Å². The summed E-state index contributed by atoms with van der Waals surface area (Å²) in [7, 11) is 0. The van der Waals surface area contributed by atoms with Crippen LogP contribution >= 0.6 is 0 Å². The molecule has 0 N–H and O–H groups in total. The van der Waals surface area contributed by atoms with E-state index in [4.69, 9.17) is 9.26 Å². The number of aromatic nitrogens is 2. The first-order valence-corrected chi connectivity index (χ1v) is 8.19. The second kappa shape index (κ2) is 6.37. The average molecular weight is 317 g/mol. The number of rotatable bonds is 5. The van der Waals surface area contributed by atoms with Gasteiger partial charge in [0.15, 0.2) is 0 Å². The minimum Gasteiger partial charge on any atom is -0.378 e. The van der Waals surface area contributed by atoms with E-state index in [1.807, 2.05) is 0 Å². The lowest BCUT2D eigenvalue weighted by atomic mass is 10.1. The summed E-state index contributed by atoms with van der Waals surface area (Å²) < 4.78 is 24.8. The molecule has 0 radical (unpaired) electrons. The van der Waals surface area contributed by atoms with Crippen LogP contribution in [0.5, 0.6) is 0 Å². The van der Waals surface area contributed by atoms with Crippen LogP contribution in [0.4, 0.5) is 4.39 Å². The fraction of sp³-hybridized carbons (Fsp3) is 0.529. The molecule has 1 aromatic carbocycles. The highest BCUT2D eigenvalue weighted by Crippen LogP contribution is 2.35. The van der Waals surface area contributed by atoms with Gasteiger partial charge in [-0.15, -0.1) is 0 Å².